The Bertz CT molecular complexity index is 545. The number of carbonyl (C=O) groups is 2. The van der Waals surface area contributed by atoms with E-state index in [1.165, 1.54) is 0 Å². The predicted octanol–water partition coefficient (Wildman–Crippen LogP) is 1.92. The fourth-order valence-corrected chi connectivity index (χ4v) is 3.06. The summed E-state index contributed by atoms with van der Waals surface area (Å²) in [4.78, 5) is 26.6. The summed E-state index contributed by atoms with van der Waals surface area (Å²) in [7, 11) is 1.93. The second kappa shape index (κ2) is 8.31. The van der Waals surface area contributed by atoms with Crippen LogP contribution in [0.1, 0.15) is 30.1 Å². The molecule has 1 saturated heterocycles. The number of carbonyl (C=O) groups excluding carboxylic acids is 2. The molecule has 0 radical (unpaired) electrons. The minimum atomic E-state index is -0.536. The van der Waals surface area contributed by atoms with Crippen LogP contribution in [0, 0.1) is 5.92 Å². The third-order valence-corrected chi connectivity index (χ3v) is 4.40. The van der Waals surface area contributed by atoms with Gasteiger partial charge in [0.2, 0.25) is 5.91 Å². The fraction of sp³-hybridized carbons (Fsp3) is 0.529. The SMILES string of the molecule is CNCC1CCCN(C(=O)C(C)NC(=O)c2ccc(Cl)cc2)C1. The van der Waals surface area contributed by atoms with Crippen molar-refractivity contribution in [2.75, 3.05) is 26.7 Å². The molecule has 1 aliphatic heterocycles. The zero-order valence-corrected chi connectivity index (χ0v) is 14.4. The first-order valence-electron chi connectivity index (χ1n) is 8.01. The molecule has 0 aliphatic carbocycles. The van der Waals surface area contributed by atoms with E-state index in [1.807, 2.05) is 11.9 Å². The van der Waals surface area contributed by atoms with Gasteiger partial charge in [-0.25, -0.2) is 0 Å². The molecule has 2 amide bonds. The molecule has 2 atom stereocenters. The van der Waals surface area contributed by atoms with E-state index in [9.17, 15) is 9.59 Å². The number of halogens is 1. The van der Waals surface area contributed by atoms with Crippen LogP contribution in [-0.2, 0) is 4.79 Å². The Morgan fingerprint density at radius 2 is 2.04 bits per heavy atom. The van der Waals surface area contributed by atoms with Crippen molar-refractivity contribution in [1.29, 1.82) is 0 Å². The van der Waals surface area contributed by atoms with E-state index in [1.54, 1.807) is 31.2 Å². The summed E-state index contributed by atoms with van der Waals surface area (Å²) < 4.78 is 0. The highest BCUT2D eigenvalue weighted by Crippen LogP contribution is 2.16. The lowest BCUT2D eigenvalue weighted by Crippen LogP contribution is -2.50. The molecule has 23 heavy (non-hydrogen) atoms. The van der Waals surface area contributed by atoms with Crippen LogP contribution in [-0.4, -0.2) is 49.4 Å². The van der Waals surface area contributed by atoms with Crippen LogP contribution < -0.4 is 10.6 Å². The van der Waals surface area contributed by atoms with Crippen molar-refractivity contribution in [3.8, 4) is 0 Å². The van der Waals surface area contributed by atoms with Gasteiger partial charge in [-0.1, -0.05) is 11.6 Å². The minimum absolute atomic E-state index is 0.0203. The number of piperidine rings is 1. The Morgan fingerprint density at radius 3 is 2.70 bits per heavy atom. The van der Waals surface area contributed by atoms with Gasteiger partial charge in [-0.05, 0) is 63.5 Å². The van der Waals surface area contributed by atoms with Crippen LogP contribution in [0.15, 0.2) is 24.3 Å². The lowest BCUT2D eigenvalue weighted by atomic mass is 9.97. The lowest BCUT2D eigenvalue weighted by molar-refractivity contribution is -0.134. The van der Waals surface area contributed by atoms with E-state index in [4.69, 9.17) is 11.6 Å². The van der Waals surface area contributed by atoms with Crippen molar-refractivity contribution in [3.05, 3.63) is 34.9 Å². The average Bonchev–Trinajstić information content (AvgIpc) is 2.55. The fourth-order valence-electron chi connectivity index (χ4n) is 2.94. The van der Waals surface area contributed by atoms with Crippen LogP contribution in [0.4, 0.5) is 0 Å². The largest absolute Gasteiger partial charge is 0.341 e. The van der Waals surface area contributed by atoms with Gasteiger partial charge in [0, 0.05) is 23.7 Å². The van der Waals surface area contributed by atoms with Crippen LogP contribution in [0.3, 0.4) is 0 Å². The van der Waals surface area contributed by atoms with Crippen LogP contribution in [0.25, 0.3) is 0 Å². The number of amides is 2. The number of likely N-dealkylation sites (tertiary alicyclic amines) is 1. The molecule has 0 bridgehead atoms. The monoisotopic (exact) mass is 337 g/mol. The summed E-state index contributed by atoms with van der Waals surface area (Å²) in [6.45, 7) is 4.16. The maximum atomic E-state index is 12.5. The Balaban J connectivity index is 1.91. The first kappa shape index (κ1) is 17.8. The first-order valence-corrected chi connectivity index (χ1v) is 8.39. The zero-order chi connectivity index (χ0) is 16.8. The number of nitrogens with one attached hydrogen (secondary N) is 2. The van der Waals surface area contributed by atoms with Crippen LogP contribution >= 0.6 is 11.6 Å². The number of benzene rings is 1. The minimum Gasteiger partial charge on any atom is -0.341 e. The zero-order valence-electron chi connectivity index (χ0n) is 13.6. The van der Waals surface area contributed by atoms with Gasteiger partial charge < -0.3 is 15.5 Å². The van der Waals surface area contributed by atoms with Gasteiger partial charge in [0.05, 0.1) is 0 Å². The Hall–Kier alpha value is -1.59. The molecule has 6 heteroatoms. The summed E-state index contributed by atoms with van der Waals surface area (Å²) in [6.07, 6.45) is 2.14. The molecular formula is C17H24ClN3O2. The Morgan fingerprint density at radius 1 is 1.35 bits per heavy atom. The van der Waals surface area contributed by atoms with Gasteiger partial charge in [0.1, 0.15) is 6.04 Å². The molecule has 2 unspecified atom stereocenters. The van der Waals surface area contributed by atoms with E-state index in [-0.39, 0.29) is 11.8 Å². The van der Waals surface area contributed by atoms with Crippen LogP contribution in [0.5, 0.6) is 0 Å². The van der Waals surface area contributed by atoms with Crippen molar-refractivity contribution in [3.63, 3.8) is 0 Å². The quantitative estimate of drug-likeness (QED) is 0.863. The summed E-state index contributed by atoms with van der Waals surface area (Å²) >= 11 is 5.82. The summed E-state index contributed by atoms with van der Waals surface area (Å²) in [5.74, 6) is 0.205. The number of rotatable bonds is 5. The Kier molecular flexibility index (Phi) is 6.42. The van der Waals surface area contributed by atoms with Crippen molar-refractivity contribution in [2.45, 2.75) is 25.8 Å². The van der Waals surface area contributed by atoms with Crippen molar-refractivity contribution >= 4 is 23.4 Å². The smallest absolute Gasteiger partial charge is 0.251 e. The van der Waals surface area contributed by atoms with Gasteiger partial charge in [0.15, 0.2) is 0 Å². The maximum absolute atomic E-state index is 12.5. The van der Waals surface area contributed by atoms with E-state index < -0.39 is 6.04 Å². The third-order valence-electron chi connectivity index (χ3n) is 4.15. The van der Waals surface area contributed by atoms with E-state index in [0.29, 0.717) is 16.5 Å². The standard InChI is InChI=1S/C17H24ClN3O2/c1-12(20-16(22)14-5-7-15(18)8-6-14)17(23)21-9-3-4-13(11-21)10-19-2/h5-8,12-13,19H,3-4,9-11H2,1-2H3,(H,20,22). The van der Waals surface area contributed by atoms with Gasteiger partial charge in [0.25, 0.3) is 5.91 Å². The third kappa shape index (κ3) is 4.94. The highest BCUT2D eigenvalue weighted by molar-refractivity contribution is 6.30. The van der Waals surface area contributed by atoms with Crippen molar-refractivity contribution in [1.82, 2.24) is 15.5 Å². The predicted molar refractivity (Wildman–Crippen MR) is 91.6 cm³/mol. The number of hydrogen-bond acceptors (Lipinski definition) is 3. The lowest BCUT2D eigenvalue weighted by Gasteiger charge is -2.34. The van der Waals surface area contributed by atoms with Crippen molar-refractivity contribution in [2.24, 2.45) is 5.92 Å². The van der Waals surface area contributed by atoms with Crippen LogP contribution in [0.2, 0.25) is 5.02 Å². The van der Waals surface area contributed by atoms with Gasteiger partial charge in [-0.2, -0.15) is 0 Å². The van der Waals surface area contributed by atoms with Gasteiger partial charge >= 0.3 is 0 Å². The summed E-state index contributed by atoms with van der Waals surface area (Å²) in [5.41, 5.74) is 0.501. The number of nitrogens with zero attached hydrogens (tertiary/aromatic N) is 1. The number of hydrogen-bond donors (Lipinski definition) is 2. The second-order valence-electron chi connectivity index (χ2n) is 6.05. The second-order valence-corrected chi connectivity index (χ2v) is 6.49. The molecule has 2 rings (SSSR count). The molecule has 5 nitrogen and oxygen atoms in total. The van der Waals surface area contributed by atoms with Gasteiger partial charge in [-0.3, -0.25) is 9.59 Å². The Labute approximate surface area is 142 Å². The molecule has 0 spiro atoms. The molecule has 1 aromatic rings. The van der Waals surface area contributed by atoms with Crippen molar-refractivity contribution < 1.29 is 9.59 Å². The topological polar surface area (TPSA) is 61.4 Å². The molecule has 1 aliphatic rings. The molecular weight excluding hydrogens is 314 g/mol. The molecule has 126 valence electrons. The molecule has 0 aromatic heterocycles. The molecule has 1 fully saturated rings. The highest BCUT2D eigenvalue weighted by Gasteiger charge is 2.27. The summed E-state index contributed by atoms with van der Waals surface area (Å²) in [6, 6.07) is 6.09. The normalized spacial score (nSPS) is 19.3. The average molecular weight is 338 g/mol. The maximum Gasteiger partial charge on any atom is 0.251 e. The van der Waals surface area contributed by atoms with E-state index in [0.717, 1.165) is 32.5 Å². The summed E-state index contributed by atoms with van der Waals surface area (Å²) in [5, 5.41) is 6.51. The molecule has 0 saturated carbocycles. The van der Waals surface area contributed by atoms with E-state index in [2.05, 4.69) is 10.6 Å². The van der Waals surface area contributed by atoms with Gasteiger partial charge in [-0.15, -0.1) is 0 Å². The highest BCUT2D eigenvalue weighted by atomic mass is 35.5. The van der Waals surface area contributed by atoms with E-state index >= 15 is 0 Å². The molecule has 2 N–H and O–H groups in total. The molecule has 1 heterocycles. The molecule has 1 aromatic carbocycles. The first-order chi connectivity index (χ1) is 11.0.